The van der Waals surface area contributed by atoms with E-state index in [-0.39, 0.29) is 17.9 Å². The lowest BCUT2D eigenvalue weighted by molar-refractivity contribution is -0.119. The van der Waals surface area contributed by atoms with Crippen LogP contribution in [0.2, 0.25) is 0 Å². The molecule has 0 aliphatic carbocycles. The first-order chi connectivity index (χ1) is 8.33. The number of hydrogen-bond donors (Lipinski definition) is 2. The van der Waals surface area contributed by atoms with Gasteiger partial charge in [0.15, 0.2) is 0 Å². The van der Waals surface area contributed by atoms with Crippen LogP contribution in [0.4, 0.5) is 18.9 Å². The standard InChI is InChI=1S/C10H11F3N2O3/c11-10(12,13)6-15(3-4-16)7-1-2-8(9(17)18)14-5-7/h1-2,5,16H,3-4,6H2,(H,17,18). The first-order valence-corrected chi connectivity index (χ1v) is 4.95. The summed E-state index contributed by atoms with van der Waals surface area (Å²) in [7, 11) is 0. The molecule has 1 rings (SSSR count). The smallest absolute Gasteiger partial charge is 0.405 e. The molecule has 2 N–H and O–H groups in total. The molecule has 0 atom stereocenters. The summed E-state index contributed by atoms with van der Waals surface area (Å²) in [5.41, 5.74) is -0.152. The van der Waals surface area contributed by atoms with E-state index in [9.17, 15) is 18.0 Å². The molecule has 0 unspecified atom stereocenters. The Labute approximate surface area is 100 Å². The van der Waals surface area contributed by atoms with Crippen LogP contribution in [0.1, 0.15) is 10.5 Å². The van der Waals surface area contributed by atoms with Gasteiger partial charge in [0, 0.05) is 6.54 Å². The predicted molar refractivity (Wildman–Crippen MR) is 56.6 cm³/mol. The lowest BCUT2D eigenvalue weighted by atomic mass is 10.3. The Hall–Kier alpha value is -1.83. The third kappa shape index (κ3) is 4.21. The summed E-state index contributed by atoms with van der Waals surface area (Å²) in [6, 6.07) is 2.33. The van der Waals surface area contributed by atoms with Crippen LogP contribution in [0.15, 0.2) is 18.3 Å². The van der Waals surface area contributed by atoms with Crippen molar-refractivity contribution in [1.82, 2.24) is 4.98 Å². The van der Waals surface area contributed by atoms with Crippen molar-refractivity contribution in [3.05, 3.63) is 24.0 Å². The van der Waals surface area contributed by atoms with Gasteiger partial charge in [-0.15, -0.1) is 0 Å². The van der Waals surface area contributed by atoms with Gasteiger partial charge in [0.25, 0.3) is 0 Å². The van der Waals surface area contributed by atoms with Gasteiger partial charge in [0.05, 0.1) is 18.5 Å². The fourth-order valence-electron chi connectivity index (χ4n) is 1.34. The zero-order chi connectivity index (χ0) is 13.8. The monoisotopic (exact) mass is 264 g/mol. The number of aliphatic hydroxyl groups is 1. The average Bonchev–Trinajstić information content (AvgIpc) is 2.27. The molecule has 8 heteroatoms. The molecule has 0 aromatic carbocycles. The Morgan fingerprint density at radius 3 is 2.44 bits per heavy atom. The van der Waals surface area contributed by atoms with Gasteiger partial charge < -0.3 is 15.1 Å². The molecule has 0 fully saturated rings. The molecular formula is C10H11F3N2O3. The third-order valence-corrected chi connectivity index (χ3v) is 2.07. The van der Waals surface area contributed by atoms with Gasteiger partial charge in [0.2, 0.25) is 0 Å². The molecule has 0 saturated heterocycles. The van der Waals surface area contributed by atoms with Gasteiger partial charge in [-0.05, 0) is 12.1 Å². The van der Waals surface area contributed by atoms with E-state index in [2.05, 4.69) is 4.98 Å². The Morgan fingerprint density at radius 2 is 2.06 bits per heavy atom. The molecule has 0 bridgehead atoms. The fourth-order valence-corrected chi connectivity index (χ4v) is 1.34. The summed E-state index contributed by atoms with van der Waals surface area (Å²) >= 11 is 0. The second kappa shape index (κ2) is 5.67. The molecule has 0 saturated carbocycles. The van der Waals surface area contributed by atoms with E-state index in [4.69, 9.17) is 10.2 Å². The molecule has 0 spiro atoms. The van der Waals surface area contributed by atoms with E-state index >= 15 is 0 Å². The van der Waals surface area contributed by atoms with Gasteiger partial charge in [-0.2, -0.15) is 13.2 Å². The average molecular weight is 264 g/mol. The number of aromatic carboxylic acids is 1. The lowest BCUT2D eigenvalue weighted by Crippen LogP contribution is -2.36. The zero-order valence-electron chi connectivity index (χ0n) is 9.18. The minimum Gasteiger partial charge on any atom is -0.477 e. The number of alkyl halides is 3. The molecule has 0 amide bonds. The summed E-state index contributed by atoms with van der Waals surface area (Å²) in [6.07, 6.45) is -3.38. The van der Waals surface area contributed by atoms with Crippen LogP contribution in [0.5, 0.6) is 0 Å². The van der Waals surface area contributed by atoms with Crippen molar-refractivity contribution in [1.29, 1.82) is 0 Å². The van der Waals surface area contributed by atoms with Crippen LogP contribution in [0, 0.1) is 0 Å². The van der Waals surface area contributed by atoms with E-state index in [1.54, 1.807) is 0 Å². The van der Waals surface area contributed by atoms with Crippen molar-refractivity contribution in [2.75, 3.05) is 24.6 Å². The summed E-state index contributed by atoms with van der Waals surface area (Å²) in [5.74, 6) is -1.26. The molecule has 1 aromatic rings. The SMILES string of the molecule is O=C(O)c1ccc(N(CCO)CC(F)(F)F)cn1. The van der Waals surface area contributed by atoms with Gasteiger partial charge in [-0.3, -0.25) is 0 Å². The van der Waals surface area contributed by atoms with Crippen LogP contribution in [0.3, 0.4) is 0 Å². The number of pyridine rings is 1. The van der Waals surface area contributed by atoms with E-state index < -0.39 is 25.3 Å². The number of aromatic nitrogens is 1. The molecule has 100 valence electrons. The van der Waals surface area contributed by atoms with E-state index in [0.29, 0.717) is 0 Å². The zero-order valence-corrected chi connectivity index (χ0v) is 9.18. The normalized spacial score (nSPS) is 11.3. The number of halogens is 3. The van der Waals surface area contributed by atoms with Gasteiger partial charge in [-0.1, -0.05) is 0 Å². The fraction of sp³-hybridized carbons (Fsp3) is 0.400. The third-order valence-electron chi connectivity index (χ3n) is 2.07. The van der Waals surface area contributed by atoms with Crippen molar-refractivity contribution < 1.29 is 28.2 Å². The second-order valence-corrected chi connectivity index (χ2v) is 3.47. The molecule has 1 heterocycles. The molecule has 18 heavy (non-hydrogen) atoms. The van der Waals surface area contributed by atoms with E-state index in [1.807, 2.05) is 0 Å². The summed E-state index contributed by atoms with van der Waals surface area (Å²) < 4.78 is 36.9. The number of nitrogens with zero attached hydrogens (tertiary/aromatic N) is 2. The molecule has 0 aliphatic rings. The van der Waals surface area contributed by atoms with Gasteiger partial charge in [-0.25, -0.2) is 9.78 Å². The number of rotatable bonds is 5. The summed E-state index contributed by atoms with van der Waals surface area (Å²) in [6.45, 7) is -1.90. The van der Waals surface area contributed by atoms with Gasteiger partial charge >= 0.3 is 12.1 Å². The Bertz CT molecular complexity index is 406. The maximum absolute atomic E-state index is 12.3. The van der Waals surface area contributed by atoms with Crippen molar-refractivity contribution in [2.24, 2.45) is 0 Å². The highest BCUT2D eigenvalue weighted by Gasteiger charge is 2.30. The number of hydrogen-bond acceptors (Lipinski definition) is 4. The number of aliphatic hydroxyl groups excluding tert-OH is 1. The number of carbonyl (C=O) groups is 1. The van der Waals surface area contributed by atoms with E-state index in [1.165, 1.54) is 6.07 Å². The molecule has 0 radical (unpaired) electrons. The highest BCUT2D eigenvalue weighted by Crippen LogP contribution is 2.21. The number of carboxylic acid groups (broad SMARTS) is 1. The highest BCUT2D eigenvalue weighted by atomic mass is 19.4. The maximum atomic E-state index is 12.3. The van der Waals surface area contributed by atoms with Crippen LogP contribution >= 0.6 is 0 Å². The minimum absolute atomic E-state index is 0.103. The van der Waals surface area contributed by atoms with Crippen molar-refractivity contribution in [2.45, 2.75) is 6.18 Å². The summed E-state index contributed by atoms with van der Waals surface area (Å²) in [5, 5.41) is 17.3. The van der Waals surface area contributed by atoms with Gasteiger partial charge in [0.1, 0.15) is 12.2 Å². The molecule has 1 aromatic heterocycles. The van der Waals surface area contributed by atoms with Crippen LogP contribution in [-0.4, -0.2) is 47.0 Å². The summed E-state index contributed by atoms with van der Waals surface area (Å²) in [4.78, 5) is 14.9. The first kappa shape index (κ1) is 14.2. The maximum Gasteiger partial charge on any atom is 0.405 e. The Balaban J connectivity index is 2.88. The molecule has 5 nitrogen and oxygen atoms in total. The van der Waals surface area contributed by atoms with Crippen LogP contribution in [-0.2, 0) is 0 Å². The van der Waals surface area contributed by atoms with Crippen LogP contribution < -0.4 is 4.90 Å². The van der Waals surface area contributed by atoms with E-state index in [0.717, 1.165) is 17.2 Å². The van der Waals surface area contributed by atoms with Crippen LogP contribution in [0.25, 0.3) is 0 Å². The number of anilines is 1. The molecular weight excluding hydrogens is 253 g/mol. The topological polar surface area (TPSA) is 73.7 Å². The largest absolute Gasteiger partial charge is 0.477 e. The minimum atomic E-state index is -4.42. The number of carboxylic acids is 1. The first-order valence-electron chi connectivity index (χ1n) is 4.95. The van der Waals surface area contributed by atoms with Crippen molar-refractivity contribution in [3.8, 4) is 0 Å². The predicted octanol–water partition coefficient (Wildman–Crippen LogP) is 1.14. The lowest BCUT2D eigenvalue weighted by Gasteiger charge is -2.24. The molecule has 0 aliphatic heterocycles. The Morgan fingerprint density at radius 1 is 1.39 bits per heavy atom. The quantitative estimate of drug-likeness (QED) is 0.834. The van der Waals surface area contributed by atoms with Crippen molar-refractivity contribution >= 4 is 11.7 Å². The Kier molecular flexibility index (Phi) is 4.49. The highest BCUT2D eigenvalue weighted by molar-refractivity contribution is 5.85. The second-order valence-electron chi connectivity index (χ2n) is 3.47. The van der Waals surface area contributed by atoms with Crippen molar-refractivity contribution in [3.63, 3.8) is 0 Å².